The van der Waals surface area contributed by atoms with Crippen molar-refractivity contribution in [3.8, 4) is 0 Å². The van der Waals surface area contributed by atoms with Crippen LogP contribution in [0, 0.1) is 13.8 Å². The van der Waals surface area contributed by atoms with E-state index < -0.39 is 5.38 Å². The molecule has 0 spiro atoms. The van der Waals surface area contributed by atoms with E-state index in [1.54, 1.807) is 0 Å². The van der Waals surface area contributed by atoms with Gasteiger partial charge in [-0.3, -0.25) is 4.79 Å². The molecule has 3 heteroatoms. The van der Waals surface area contributed by atoms with Crippen LogP contribution >= 0.6 is 11.6 Å². The lowest BCUT2D eigenvalue weighted by Gasteiger charge is -2.10. The summed E-state index contributed by atoms with van der Waals surface area (Å²) in [6.45, 7) is 4.05. The van der Waals surface area contributed by atoms with Gasteiger partial charge in [0.25, 0.3) is 0 Å². The molecule has 2 nitrogen and oxygen atoms in total. The summed E-state index contributed by atoms with van der Waals surface area (Å²) in [6.07, 6.45) is 0.514. The van der Waals surface area contributed by atoms with E-state index >= 15 is 0 Å². The van der Waals surface area contributed by atoms with Gasteiger partial charge in [0.1, 0.15) is 5.38 Å². The van der Waals surface area contributed by atoms with Crippen LogP contribution in [0.25, 0.3) is 0 Å². The molecule has 0 heterocycles. The highest BCUT2D eigenvalue weighted by molar-refractivity contribution is 6.30. The molecule has 0 aliphatic heterocycles. The van der Waals surface area contributed by atoms with Crippen molar-refractivity contribution in [3.63, 3.8) is 0 Å². The molecule has 0 aromatic heterocycles. The second kappa shape index (κ2) is 5.17. The van der Waals surface area contributed by atoms with E-state index in [0.717, 1.165) is 11.1 Å². The first-order valence-electron chi connectivity index (χ1n) is 4.82. The molecular weight excluding hydrogens is 212 g/mol. The van der Waals surface area contributed by atoms with E-state index in [1.165, 1.54) is 12.7 Å². The quantitative estimate of drug-likeness (QED) is 0.585. The minimum absolute atomic E-state index is 0.378. The third kappa shape index (κ3) is 3.24. The van der Waals surface area contributed by atoms with Crippen LogP contribution in [0.3, 0.4) is 0 Å². The predicted molar refractivity (Wildman–Crippen MR) is 61.3 cm³/mol. The lowest BCUT2D eigenvalue weighted by molar-refractivity contribution is -0.140. The zero-order valence-corrected chi connectivity index (χ0v) is 9.97. The van der Waals surface area contributed by atoms with Crippen molar-refractivity contribution < 1.29 is 9.53 Å². The second-order valence-electron chi connectivity index (χ2n) is 3.62. The maximum absolute atomic E-state index is 11.1. The number of ether oxygens (including phenoxy) is 1. The molecule has 82 valence electrons. The van der Waals surface area contributed by atoms with Crippen molar-refractivity contribution in [1.29, 1.82) is 0 Å². The van der Waals surface area contributed by atoms with Crippen molar-refractivity contribution in [2.75, 3.05) is 7.11 Å². The molecule has 1 aromatic carbocycles. The van der Waals surface area contributed by atoms with Crippen LogP contribution in [0.15, 0.2) is 18.2 Å². The minimum Gasteiger partial charge on any atom is -0.468 e. The lowest BCUT2D eigenvalue weighted by atomic mass is 10.0. The first kappa shape index (κ1) is 12.1. The number of methoxy groups -OCH3 is 1. The summed E-state index contributed by atoms with van der Waals surface area (Å²) >= 11 is 5.90. The van der Waals surface area contributed by atoms with Crippen molar-refractivity contribution in [2.45, 2.75) is 25.6 Å². The Bertz CT molecular complexity index is 361. The van der Waals surface area contributed by atoms with Gasteiger partial charge in [-0.1, -0.05) is 23.8 Å². The van der Waals surface area contributed by atoms with Gasteiger partial charge in [0, 0.05) is 0 Å². The van der Waals surface area contributed by atoms with E-state index in [2.05, 4.69) is 10.8 Å². The number of benzene rings is 1. The first-order valence-corrected chi connectivity index (χ1v) is 5.26. The number of hydrogen-bond acceptors (Lipinski definition) is 2. The molecule has 1 rings (SSSR count). The topological polar surface area (TPSA) is 26.3 Å². The average molecular weight is 227 g/mol. The number of alkyl halides is 1. The number of esters is 1. The zero-order chi connectivity index (χ0) is 11.4. The van der Waals surface area contributed by atoms with E-state index in [0.29, 0.717) is 6.42 Å². The number of carbonyl (C=O) groups excluding carboxylic acids is 1. The van der Waals surface area contributed by atoms with Gasteiger partial charge in [-0.05, 0) is 31.4 Å². The monoisotopic (exact) mass is 226 g/mol. The van der Waals surface area contributed by atoms with E-state index in [9.17, 15) is 4.79 Å². The smallest absolute Gasteiger partial charge is 0.324 e. The Morgan fingerprint density at radius 1 is 1.47 bits per heavy atom. The third-order valence-electron chi connectivity index (χ3n) is 2.35. The predicted octanol–water partition coefficient (Wildman–Crippen LogP) is 2.63. The van der Waals surface area contributed by atoms with Gasteiger partial charge in [-0.15, -0.1) is 11.6 Å². The summed E-state index contributed by atoms with van der Waals surface area (Å²) in [7, 11) is 1.35. The van der Waals surface area contributed by atoms with E-state index in [4.69, 9.17) is 11.6 Å². The van der Waals surface area contributed by atoms with Gasteiger partial charge in [0.2, 0.25) is 0 Å². The van der Waals surface area contributed by atoms with Gasteiger partial charge in [0.05, 0.1) is 7.11 Å². The first-order chi connectivity index (χ1) is 7.04. The highest BCUT2D eigenvalue weighted by atomic mass is 35.5. The Morgan fingerprint density at radius 3 is 2.67 bits per heavy atom. The van der Waals surface area contributed by atoms with Crippen molar-refractivity contribution in [2.24, 2.45) is 0 Å². The molecule has 1 unspecified atom stereocenters. The lowest BCUT2D eigenvalue weighted by Crippen LogP contribution is -2.19. The molecule has 0 aliphatic rings. The summed E-state index contributed by atoms with van der Waals surface area (Å²) in [5.41, 5.74) is 3.45. The fourth-order valence-electron chi connectivity index (χ4n) is 1.48. The normalized spacial score (nSPS) is 12.3. The summed E-state index contributed by atoms with van der Waals surface area (Å²) < 4.78 is 4.58. The molecule has 0 saturated carbocycles. The fourth-order valence-corrected chi connectivity index (χ4v) is 1.73. The molecule has 0 radical (unpaired) electrons. The second-order valence-corrected chi connectivity index (χ2v) is 4.15. The number of halogens is 1. The van der Waals surface area contributed by atoms with Crippen LogP contribution in [0.4, 0.5) is 0 Å². The maximum atomic E-state index is 11.1. The molecular formula is C12H15ClO2. The Kier molecular flexibility index (Phi) is 4.15. The molecule has 0 saturated heterocycles. The standard InChI is InChI=1S/C12H15ClO2/c1-8-4-5-10(9(2)6-8)7-11(13)12(14)15-3/h4-6,11H,7H2,1-3H3. The van der Waals surface area contributed by atoms with Crippen molar-refractivity contribution >= 4 is 17.6 Å². The Balaban J connectivity index is 2.76. The molecule has 1 atom stereocenters. The fraction of sp³-hybridized carbons (Fsp3) is 0.417. The van der Waals surface area contributed by atoms with Gasteiger partial charge in [-0.2, -0.15) is 0 Å². The highest BCUT2D eigenvalue weighted by Gasteiger charge is 2.16. The van der Waals surface area contributed by atoms with Crippen LogP contribution in [0.1, 0.15) is 16.7 Å². The van der Waals surface area contributed by atoms with Gasteiger partial charge < -0.3 is 4.74 Å². The Morgan fingerprint density at radius 2 is 2.13 bits per heavy atom. The summed E-state index contributed by atoms with van der Waals surface area (Å²) in [5.74, 6) is -0.378. The summed E-state index contributed by atoms with van der Waals surface area (Å²) in [4.78, 5) is 11.1. The van der Waals surface area contributed by atoms with E-state index in [1.807, 2.05) is 26.0 Å². The number of hydrogen-bond donors (Lipinski definition) is 0. The maximum Gasteiger partial charge on any atom is 0.324 e. The Labute approximate surface area is 95.2 Å². The number of aryl methyl sites for hydroxylation is 2. The largest absolute Gasteiger partial charge is 0.468 e. The van der Waals surface area contributed by atoms with Gasteiger partial charge in [0.15, 0.2) is 0 Å². The number of rotatable bonds is 3. The van der Waals surface area contributed by atoms with Crippen molar-refractivity contribution in [1.82, 2.24) is 0 Å². The SMILES string of the molecule is COC(=O)C(Cl)Cc1ccc(C)cc1C. The minimum atomic E-state index is -0.601. The summed E-state index contributed by atoms with van der Waals surface area (Å²) in [5, 5.41) is -0.601. The van der Waals surface area contributed by atoms with Crippen LogP contribution < -0.4 is 0 Å². The number of carbonyl (C=O) groups is 1. The third-order valence-corrected chi connectivity index (χ3v) is 2.69. The van der Waals surface area contributed by atoms with Crippen LogP contribution in [-0.4, -0.2) is 18.5 Å². The van der Waals surface area contributed by atoms with E-state index in [-0.39, 0.29) is 5.97 Å². The Hall–Kier alpha value is -1.02. The summed E-state index contributed by atoms with van der Waals surface area (Å²) in [6, 6.07) is 6.10. The molecule has 0 amide bonds. The van der Waals surface area contributed by atoms with Crippen LogP contribution in [0.5, 0.6) is 0 Å². The van der Waals surface area contributed by atoms with Gasteiger partial charge in [-0.25, -0.2) is 0 Å². The molecule has 1 aromatic rings. The molecule has 0 N–H and O–H groups in total. The molecule has 0 aliphatic carbocycles. The highest BCUT2D eigenvalue weighted by Crippen LogP contribution is 2.15. The molecule has 0 fully saturated rings. The van der Waals surface area contributed by atoms with Crippen molar-refractivity contribution in [3.05, 3.63) is 34.9 Å². The average Bonchev–Trinajstić information content (AvgIpc) is 2.20. The van der Waals surface area contributed by atoms with Gasteiger partial charge >= 0.3 is 5.97 Å². The zero-order valence-electron chi connectivity index (χ0n) is 9.21. The molecule has 0 bridgehead atoms. The van der Waals surface area contributed by atoms with Crippen LogP contribution in [-0.2, 0) is 16.0 Å². The van der Waals surface area contributed by atoms with Crippen LogP contribution in [0.2, 0.25) is 0 Å². The molecule has 15 heavy (non-hydrogen) atoms.